The Morgan fingerprint density at radius 2 is 1.72 bits per heavy atom. The minimum atomic E-state index is -1.29. The molecule has 0 atom stereocenters. The van der Waals surface area contributed by atoms with E-state index in [1.807, 2.05) is 32.0 Å². The molecule has 0 unspecified atom stereocenters. The molecule has 0 aliphatic heterocycles. The van der Waals surface area contributed by atoms with Crippen molar-refractivity contribution >= 4 is 17.5 Å². The molecule has 4 nitrogen and oxygen atoms in total. The van der Waals surface area contributed by atoms with Crippen LogP contribution in [0.15, 0.2) is 42.5 Å². The summed E-state index contributed by atoms with van der Waals surface area (Å²) in [4.78, 5) is 25.0. The number of aryl methyl sites for hydroxylation is 2. The lowest BCUT2D eigenvalue weighted by Gasteiger charge is -2.23. The molecule has 0 aliphatic carbocycles. The van der Waals surface area contributed by atoms with Crippen LogP contribution in [-0.4, -0.2) is 11.8 Å². The van der Waals surface area contributed by atoms with E-state index >= 15 is 0 Å². The van der Waals surface area contributed by atoms with Gasteiger partial charge in [0.2, 0.25) is 11.8 Å². The lowest BCUT2D eigenvalue weighted by molar-refractivity contribution is -0.138. The SMILES string of the molecule is Cc1ccc(C)c(NC(=O)C(C)(C)C(=O)NCc2ccccc2F)c1. The van der Waals surface area contributed by atoms with Crippen LogP contribution in [0.1, 0.15) is 30.5 Å². The van der Waals surface area contributed by atoms with Gasteiger partial charge >= 0.3 is 0 Å². The number of anilines is 1. The number of halogens is 1. The Kier molecular flexibility index (Phi) is 5.57. The Morgan fingerprint density at radius 3 is 2.40 bits per heavy atom. The highest BCUT2D eigenvalue weighted by Crippen LogP contribution is 2.22. The van der Waals surface area contributed by atoms with Crippen molar-refractivity contribution in [1.29, 1.82) is 0 Å². The van der Waals surface area contributed by atoms with Crippen molar-refractivity contribution in [2.24, 2.45) is 5.41 Å². The predicted octanol–water partition coefficient (Wildman–Crippen LogP) is 3.72. The molecule has 0 aromatic heterocycles. The van der Waals surface area contributed by atoms with Crippen LogP contribution in [0.4, 0.5) is 10.1 Å². The molecule has 0 fully saturated rings. The summed E-state index contributed by atoms with van der Waals surface area (Å²) in [6.45, 7) is 6.95. The fraction of sp³-hybridized carbons (Fsp3) is 0.300. The normalized spacial score (nSPS) is 11.1. The third kappa shape index (κ3) is 4.44. The summed E-state index contributed by atoms with van der Waals surface area (Å²) in [5, 5.41) is 5.44. The van der Waals surface area contributed by atoms with E-state index in [0.717, 1.165) is 11.1 Å². The van der Waals surface area contributed by atoms with Gasteiger partial charge in [0.15, 0.2) is 0 Å². The first-order valence-corrected chi connectivity index (χ1v) is 8.12. The first kappa shape index (κ1) is 18.6. The van der Waals surface area contributed by atoms with Crippen molar-refractivity contribution in [3.8, 4) is 0 Å². The van der Waals surface area contributed by atoms with Gasteiger partial charge in [-0.25, -0.2) is 4.39 Å². The minimum Gasteiger partial charge on any atom is -0.351 e. The van der Waals surface area contributed by atoms with E-state index in [2.05, 4.69) is 10.6 Å². The van der Waals surface area contributed by atoms with Gasteiger partial charge in [0.05, 0.1) is 0 Å². The highest BCUT2D eigenvalue weighted by molar-refractivity contribution is 6.10. The summed E-state index contributed by atoms with van der Waals surface area (Å²) in [6, 6.07) is 11.9. The average molecular weight is 342 g/mol. The van der Waals surface area contributed by atoms with E-state index in [-0.39, 0.29) is 12.4 Å². The zero-order valence-electron chi connectivity index (χ0n) is 14.9. The topological polar surface area (TPSA) is 58.2 Å². The maximum absolute atomic E-state index is 13.6. The number of rotatable bonds is 5. The molecule has 0 saturated heterocycles. The molecule has 0 bridgehead atoms. The van der Waals surface area contributed by atoms with Crippen LogP contribution < -0.4 is 10.6 Å². The van der Waals surface area contributed by atoms with Crippen LogP contribution >= 0.6 is 0 Å². The summed E-state index contributed by atoms with van der Waals surface area (Å²) in [6.07, 6.45) is 0. The van der Waals surface area contributed by atoms with Crippen molar-refractivity contribution in [2.45, 2.75) is 34.2 Å². The molecular weight excluding hydrogens is 319 g/mol. The molecule has 2 rings (SSSR count). The lowest BCUT2D eigenvalue weighted by atomic mass is 9.90. The monoisotopic (exact) mass is 342 g/mol. The van der Waals surface area contributed by atoms with Gasteiger partial charge in [0.25, 0.3) is 0 Å². The Morgan fingerprint density at radius 1 is 1.04 bits per heavy atom. The van der Waals surface area contributed by atoms with Gasteiger partial charge in [0.1, 0.15) is 11.2 Å². The number of amides is 2. The van der Waals surface area contributed by atoms with E-state index < -0.39 is 17.2 Å². The molecule has 0 aliphatic rings. The predicted molar refractivity (Wildman–Crippen MR) is 96.6 cm³/mol. The molecule has 2 amide bonds. The van der Waals surface area contributed by atoms with Gasteiger partial charge in [-0.05, 0) is 51.0 Å². The molecule has 2 aromatic rings. The van der Waals surface area contributed by atoms with Crippen LogP contribution in [0.25, 0.3) is 0 Å². The Balaban J connectivity index is 2.06. The van der Waals surface area contributed by atoms with Gasteiger partial charge < -0.3 is 10.6 Å². The highest BCUT2D eigenvalue weighted by Gasteiger charge is 2.36. The number of carbonyl (C=O) groups excluding carboxylic acids is 2. The Bertz CT molecular complexity index is 800. The standard InChI is InChI=1S/C20H23FN2O2/c1-13-9-10-14(2)17(11-13)23-19(25)20(3,4)18(24)22-12-15-7-5-6-8-16(15)21/h5-11H,12H2,1-4H3,(H,22,24)(H,23,25). The summed E-state index contributed by atoms with van der Waals surface area (Å²) in [5.74, 6) is -1.26. The fourth-order valence-electron chi connectivity index (χ4n) is 2.29. The third-order valence-corrected chi connectivity index (χ3v) is 4.17. The second-order valence-corrected chi connectivity index (χ2v) is 6.67. The molecule has 2 aromatic carbocycles. The van der Waals surface area contributed by atoms with Gasteiger partial charge in [-0.15, -0.1) is 0 Å². The van der Waals surface area contributed by atoms with Crippen molar-refractivity contribution < 1.29 is 14.0 Å². The first-order valence-electron chi connectivity index (χ1n) is 8.12. The van der Waals surface area contributed by atoms with Crippen LogP contribution in [0.2, 0.25) is 0 Å². The fourth-order valence-corrected chi connectivity index (χ4v) is 2.29. The second kappa shape index (κ2) is 7.47. The minimum absolute atomic E-state index is 0.0334. The number of nitrogens with one attached hydrogen (secondary N) is 2. The van der Waals surface area contributed by atoms with Gasteiger partial charge in [-0.2, -0.15) is 0 Å². The summed E-state index contributed by atoms with van der Waals surface area (Å²) in [7, 11) is 0. The van der Waals surface area contributed by atoms with Gasteiger partial charge in [-0.1, -0.05) is 30.3 Å². The molecule has 0 saturated carbocycles. The number of hydrogen-bond acceptors (Lipinski definition) is 2. The lowest BCUT2D eigenvalue weighted by Crippen LogP contribution is -2.45. The maximum atomic E-state index is 13.6. The zero-order valence-corrected chi connectivity index (χ0v) is 14.9. The van der Waals surface area contributed by atoms with E-state index in [9.17, 15) is 14.0 Å². The summed E-state index contributed by atoms with van der Waals surface area (Å²) in [5.41, 5.74) is 1.70. The average Bonchev–Trinajstić information content (AvgIpc) is 2.57. The second-order valence-electron chi connectivity index (χ2n) is 6.67. The smallest absolute Gasteiger partial charge is 0.239 e. The summed E-state index contributed by atoms with van der Waals surface area (Å²) >= 11 is 0. The molecule has 5 heteroatoms. The maximum Gasteiger partial charge on any atom is 0.239 e. The van der Waals surface area contributed by atoms with Crippen molar-refractivity contribution in [2.75, 3.05) is 5.32 Å². The largest absolute Gasteiger partial charge is 0.351 e. The molecule has 0 spiro atoms. The molecule has 2 N–H and O–H groups in total. The van der Waals surface area contributed by atoms with E-state index in [4.69, 9.17) is 0 Å². The van der Waals surface area contributed by atoms with Gasteiger partial charge in [0, 0.05) is 17.8 Å². The first-order chi connectivity index (χ1) is 11.7. The van der Waals surface area contributed by atoms with E-state index in [1.54, 1.807) is 32.0 Å². The van der Waals surface area contributed by atoms with Crippen LogP contribution in [-0.2, 0) is 16.1 Å². The van der Waals surface area contributed by atoms with Crippen LogP contribution in [0.3, 0.4) is 0 Å². The number of carbonyl (C=O) groups is 2. The van der Waals surface area contributed by atoms with Crippen molar-refractivity contribution in [3.05, 3.63) is 65.0 Å². The summed E-state index contributed by atoms with van der Waals surface area (Å²) < 4.78 is 13.6. The molecule has 25 heavy (non-hydrogen) atoms. The Hall–Kier alpha value is -2.69. The number of hydrogen-bond donors (Lipinski definition) is 2. The van der Waals surface area contributed by atoms with Crippen molar-refractivity contribution in [1.82, 2.24) is 5.32 Å². The highest BCUT2D eigenvalue weighted by atomic mass is 19.1. The van der Waals surface area contributed by atoms with Crippen molar-refractivity contribution in [3.63, 3.8) is 0 Å². The Labute approximate surface area is 147 Å². The molecule has 0 heterocycles. The number of benzene rings is 2. The zero-order chi connectivity index (χ0) is 18.6. The molecular formula is C20H23FN2O2. The van der Waals surface area contributed by atoms with E-state index in [0.29, 0.717) is 11.3 Å². The quantitative estimate of drug-likeness (QED) is 0.814. The molecule has 0 radical (unpaired) electrons. The van der Waals surface area contributed by atoms with Crippen LogP contribution in [0, 0.1) is 25.1 Å². The molecule has 132 valence electrons. The van der Waals surface area contributed by atoms with E-state index in [1.165, 1.54) is 6.07 Å². The third-order valence-electron chi connectivity index (χ3n) is 4.17. The van der Waals surface area contributed by atoms with Gasteiger partial charge in [-0.3, -0.25) is 9.59 Å². The van der Waals surface area contributed by atoms with Crippen LogP contribution in [0.5, 0.6) is 0 Å².